The molecule has 0 aromatic heterocycles. The molecule has 2 heterocycles. The van der Waals surface area contributed by atoms with Crippen LogP contribution in [0.25, 0.3) is 0 Å². The molecule has 10 nitrogen and oxygen atoms in total. The molecule has 3 atom stereocenters. The molecule has 2 aliphatic rings. The van der Waals surface area contributed by atoms with Gasteiger partial charge in [0.05, 0.1) is 71.8 Å². The van der Waals surface area contributed by atoms with Gasteiger partial charge in [0.25, 0.3) is 10.1 Å². The van der Waals surface area contributed by atoms with Crippen LogP contribution in [0.3, 0.4) is 0 Å². The quantitative estimate of drug-likeness (QED) is 0.260. The summed E-state index contributed by atoms with van der Waals surface area (Å²) in [6.45, 7) is 7.72. The first-order valence-corrected chi connectivity index (χ1v) is 11.7. The molecule has 0 amide bonds. The van der Waals surface area contributed by atoms with E-state index in [4.69, 9.17) is 33.2 Å². The molecule has 2 saturated heterocycles. The van der Waals surface area contributed by atoms with E-state index in [1.807, 2.05) is 13.8 Å². The fourth-order valence-corrected chi connectivity index (χ4v) is 3.45. The lowest BCUT2D eigenvalue weighted by Gasteiger charge is -2.31. The zero-order valence-electron chi connectivity index (χ0n) is 17.5. The molecular weight excluding hydrogens is 408 g/mol. The molecule has 2 fully saturated rings. The molecular formula is C18H34O10S. The van der Waals surface area contributed by atoms with Crippen LogP contribution in [0.4, 0.5) is 0 Å². The first-order valence-electron chi connectivity index (χ1n) is 9.89. The highest BCUT2D eigenvalue weighted by molar-refractivity contribution is 7.85. The van der Waals surface area contributed by atoms with Gasteiger partial charge in [0.1, 0.15) is 12.2 Å². The molecule has 0 radical (unpaired) electrons. The summed E-state index contributed by atoms with van der Waals surface area (Å²) in [5, 5.41) is 0. The maximum Gasteiger partial charge on any atom is 0.264 e. The van der Waals surface area contributed by atoms with E-state index in [1.165, 1.54) is 0 Å². The second-order valence-electron chi connectivity index (χ2n) is 7.27. The van der Waals surface area contributed by atoms with Crippen LogP contribution >= 0.6 is 0 Å². The van der Waals surface area contributed by atoms with E-state index in [0.29, 0.717) is 52.9 Å². The van der Waals surface area contributed by atoms with Gasteiger partial charge in [0.2, 0.25) is 0 Å². The standard InChI is InChI=1S/C18H34O10S/c1-18(2)27-15-4-5-25-16(17(15)28-18)14-24-11-10-22-7-6-21-8-9-23-12-13-26-29(3,19)20/h15-17H,4-14H2,1-3H3/t15-,16-,17-/m1/s1. The van der Waals surface area contributed by atoms with Crippen molar-refractivity contribution in [2.24, 2.45) is 0 Å². The largest absolute Gasteiger partial charge is 0.377 e. The second-order valence-corrected chi connectivity index (χ2v) is 8.92. The molecule has 0 saturated carbocycles. The van der Waals surface area contributed by atoms with E-state index in [1.54, 1.807) is 0 Å². The van der Waals surface area contributed by atoms with Crippen molar-refractivity contribution in [3.8, 4) is 0 Å². The Labute approximate surface area is 173 Å². The molecule has 2 aliphatic heterocycles. The Morgan fingerprint density at radius 3 is 2.00 bits per heavy atom. The number of hydrogen-bond donors (Lipinski definition) is 0. The van der Waals surface area contributed by atoms with E-state index in [9.17, 15) is 8.42 Å². The zero-order valence-corrected chi connectivity index (χ0v) is 18.3. The summed E-state index contributed by atoms with van der Waals surface area (Å²) in [6, 6.07) is 0. The summed E-state index contributed by atoms with van der Waals surface area (Å²) < 4.78 is 65.2. The second kappa shape index (κ2) is 12.5. The first kappa shape index (κ1) is 24.9. The maximum absolute atomic E-state index is 10.7. The summed E-state index contributed by atoms with van der Waals surface area (Å²) >= 11 is 0. The molecule has 0 aromatic carbocycles. The minimum atomic E-state index is -3.41. The lowest BCUT2D eigenvalue weighted by atomic mass is 10.0. The lowest BCUT2D eigenvalue weighted by molar-refractivity contribution is -0.160. The molecule has 29 heavy (non-hydrogen) atoms. The molecule has 0 spiro atoms. The Bertz CT molecular complexity index is 553. The Morgan fingerprint density at radius 1 is 0.862 bits per heavy atom. The van der Waals surface area contributed by atoms with Crippen LogP contribution in [0.15, 0.2) is 0 Å². The molecule has 0 bridgehead atoms. The fourth-order valence-electron chi connectivity index (χ4n) is 3.08. The van der Waals surface area contributed by atoms with Gasteiger partial charge >= 0.3 is 0 Å². The Balaban J connectivity index is 1.37. The molecule has 172 valence electrons. The summed E-state index contributed by atoms with van der Waals surface area (Å²) in [7, 11) is -3.41. The van der Waals surface area contributed by atoms with Gasteiger partial charge in [-0.2, -0.15) is 8.42 Å². The van der Waals surface area contributed by atoms with E-state index in [0.717, 1.165) is 12.7 Å². The van der Waals surface area contributed by atoms with Crippen LogP contribution < -0.4 is 0 Å². The third kappa shape index (κ3) is 10.5. The number of rotatable bonds is 15. The van der Waals surface area contributed by atoms with Gasteiger partial charge in [-0.15, -0.1) is 0 Å². The van der Waals surface area contributed by atoms with Gasteiger partial charge in [0.15, 0.2) is 5.79 Å². The van der Waals surface area contributed by atoms with Crippen LogP contribution in [0.2, 0.25) is 0 Å². The fraction of sp³-hybridized carbons (Fsp3) is 1.00. The van der Waals surface area contributed by atoms with Crippen LogP contribution in [0.1, 0.15) is 20.3 Å². The van der Waals surface area contributed by atoms with Crippen molar-refractivity contribution in [3.63, 3.8) is 0 Å². The molecule has 0 aliphatic carbocycles. The van der Waals surface area contributed by atoms with Gasteiger partial charge in [-0.1, -0.05) is 0 Å². The molecule has 0 N–H and O–H groups in total. The van der Waals surface area contributed by atoms with Crippen LogP contribution in [0.5, 0.6) is 0 Å². The highest BCUT2D eigenvalue weighted by Crippen LogP contribution is 2.35. The summed E-state index contributed by atoms with van der Waals surface area (Å²) in [4.78, 5) is 0. The predicted octanol–water partition coefficient (Wildman–Crippen LogP) is 0.338. The minimum absolute atomic E-state index is 0.00611. The molecule has 0 aromatic rings. The Morgan fingerprint density at radius 2 is 1.41 bits per heavy atom. The third-order valence-electron chi connectivity index (χ3n) is 4.25. The van der Waals surface area contributed by atoms with Crippen LogP contribution in [0, 0.1) is 0 Å². The van der Waals surface area contributed by atoms with Gasteiger partial charge in [-0.3, -0.25) is 4.18 Å². The van der Waals surface area contributed by atoms with Crippen molar-refractivity contribution < 1.29 is 45.8 Å². The normalized spacial score (nSPS) is 26.5. The number of ether oxygens (including phenoxy) is 7. The van der Waals surface area contributed by atoms with E-state index in [-0.39, 0.29) is 31.5 Å². The van der Waals surface area contributed by atoms with Crippen molar-refractivity contribution in [3.05, 3.63) is 0 Å². The van der Waals surface area contributed by atoms with Gasteiger partial charge < -0.3 is 33.2 Å². The van der Waals surface area contributed by atoms with Crippen molar-refractivity contribution in [1.29, 1.82) is 0 Å². The Hall–Kier alpha value is -0.370. The molecule has 0 unspecified atom stereocenters. The minimum Gasteiger partial charge on any atom is -0.377 e. The summed E-state index contributed by atoms with van der Waals surface area (Å²) in [5.74, 6) is -0.570. The number of fused-ring (bicyclic) bond motifs is 1. The highest BCUT2D eigenvalue weighted by atomic mass is 32.2. The average molecular weight is 443 g/mol. The topological polar surface area (TPSA) is 108 Å². The SMILES string of the molecule is CC1(C)O[C@H]2[C@@H](COCCOCCOCCOCCOS(C)(=O)=O)OCC[C@H]2O1. The van der Waals surface area contributed by atoms with Gasteiger partial charge in [0, 0.05) is 6.61 Å². The van der Waals surface area contributed by atoms with E-state index < -0.39 is 15.9 Å². The van der Waals surface area contributed by atoms with Crippen molar-refractivity contribution in [2.45, 2.75) is 44.4 Å². The molecule has 11 heteroatoms. The lowest BCUT2D eigenvalue weighted by Crippen LogP contribution is -2.45. The predicted molar refractivity (Wildman–Crippen MR) is 102 cm³/mol. The average Bonchev–Trinajstić information content (AvgIpc) is 2.95. The Kier molecular flexibility index (Phi) is 10.7. The first-order chi connectivity index (χ1) is 13.8. The van der Waals surface area contributed by atoms with E-state index >= 15 is 0 Å². The molecule has 2 rings (SSSR count). The summed E-state index contributed by atoms with van der Waals surface area (Å²) in [5.41, 5.74) is 0. The smallest absolute Gasteiger partial charge is 0.264 e. The highest BCUT2D eigenvalue weighted by Gasteiger charge is 2.47. The third-order valence-corrected chi connectivity index (χ3v) is 4.84. The van der Waals surface area contributed by atoms with Crippen molar-refractivity contribution in [1.82, 2.24) is 0 Å². The van der Waals surface area contributed by atoms with Gasteiger partial charge in [-0.25, -0.2) is 0 Å². The zero-order chi connectivity index (χ0) is 21.2. The van der Waals surface area contributed by atoms with E-state index in [2.05, 4.69) is 4.18 Å². The monoisotopic (exact) mass is 442 g/mol. The van der Waals surface area contributed by atoms with Crippen LogP contribution in [-0.2, 0) is 47.5 Å². The van der Waals surface area contributed by atoms with Crippen molar-refractivity contribution >= 4 is 10.1 Å². The maximum atomic E-state index is 10.7. The number of hydrogen-bond acceptors (Lipinski definition) is 10. The van der Waals surface area contributed by atoms with Gasteiger partial charge in [-0.05, 0) is 20.3 Å². The summed E-state index contributed by atoms with van der Waals surface area (Å²) in [6.07, 6.45) is 1.69. The van der Waals surface area contributed by atoms with Crippen molar-refractivity contribution in [2.75, 3.05) is 72.3 Å². The van der Waals surface area contributed by atoms with Crippen LogP contribution in [-0.4, -0.2) is 105 Å².